The fourth-order valence-electron chi connectivity index (χ4n) is 1.30. The number of hydrogen-bond acceptors (Lipinski definition) is 5. The van der Waals surface area contributed by atoms with Crippen LogP contribution in [0.3, 0.4) is 0 Å². The molecule has 3 N–H and O–H groups in total. The van der Waals surface area contributed by atoms with Gasteiger partial charge in [-0.1, -0.05) is 0 Å². The van der Waals surface area contributed by atoms with E-state index >= 15 is 0 Å². The summed E-state index contributed by atoms with van der Waals surface area (Å²) in [5.74, 6) is -0.136. The Kier molecular flexibility index (Phi) is 3.33. The minimum atomic E-state index is -0.397. The smallest absolute Gasteiger partial charge is 0.275 e. The van der Waals surface area contributed by atoms with Crippen LogP contribution in [0, 0.1) is 0 Å². The highest BCUT2D eigenvalue weighted by atomic mass is 16.2. The molecule has 0 aliphatic rings. The summed E-state index contributed by atoms with van der Waals surface area (Å²) in [6, 6.07) is 6.05. The number of anilines is 2. The van der Waals surface area contributed by atoms with Gasteiger partial charge in [-0.3, -0.25) is 14.6 Å². The second kappa shape index (κ2) is 5.09. The number of hydrogen-bond donors (Lipinski definition) is 3. The topological polar surface area (TPSA) is 99.8 Å². The van der Waals surface area contributed by atoms with Crippen molar-refractivity contribution in [3.63, 3.8) is 0 Å². The van der Waals surface area contributed by atoms with E-state index in [9.17, 15) is 9.59 Å². The van der Waals surface area contributed by atoms with Gasteiger partial charge in [0.05, 0.1) is 0 Å². The Morgan fingerprint density at radius 3 is 2.83 bits per heavy atom. The Morgan fingerprint density at radius 2 is 2.17 bits per heavy atom. The molecule has 7 heteroatoms. The van der Waals surface area contributed by atoms with E-state index in [1.165, 1.54) is 18.3 Å². The van der Waals surface area contributed by atoms with E-state index in [4.69, 9.17) is 0 Å². The summed E-state index contributed by atoms with van der Waals surface area (Å²) in [4.78, 5) is 26.6. The van der Waals surface area contributed by atoms with Gasteiger partial charge in [0.25, 0.3) is 11.5 Å². The molecule has 2 rings (SSSR count). The minimum Gasteiger partial charge on any atom is -0.388 e. The van der Waals surface area contributed by atoms with Gasteiger partial charge in [-0.05, 0) is 18.2 Å². The maximum Gasteiger partial charge on any atom is 0.275 e. The first-order chi connectivity index (χ1) is 8.69. The van der Waals surface area contributed by atoms with Crippen LogP contribution in [0.5, 0.6) is 0 Å². The molecule has 2 aromatic rings. The molecule has 0 spiro atoms. The van der Waals surface area contributed by atoms with Crippen molar-refractivity contribution in [3.8, 4) is 0 Å². The highest BCUT2D eigenvalue weighted by molar-refractivity contribution is 6.02. The average molecular weight is 245 g/mol. The molecule has 92 valence electrons. The van der Waals surface area contributed by atoms with Crippen molar-refractivity contribution in [1.29, 1.82) is 0 Å². The van der Waals surface area contributed by atoms with Crippen molar-refractivity contribution in [2.45, 2.75) is 0 Å². The summed E-state index contributed by atoms with van der Waals surface area (Å²) in [6.45, 7) is 0. The van der Waals surface area contributed by atoms with Crippen molar-refractivity contribution in [3.05, 3.63) is 46.5 Å². The van der Waals surface area contributed by atoms with Gasteiger partial charge >= 0.3 is 0 Å². The lowest BCUT2D eigenvalue weighted by molar-refractivity contribution is 0.102. The number of nitrogens with zero attached hydrogens (tertiary/aromatic N) is 2. The predicted octanol–water partition coefficient (Wildman–Crippen LogP) is 0.459. The number of nitrogens with one attached hydrogen (secondary N) is 3. The number of carbonyl (C=O) groups is 1. The number of pyridine rings is 1. The summed E-state index contributed by atoms with van der Waals surface area (Å²) < 4.78 is 0. The van der Waals surface area contributed by atoms with E-state index in [1.54, 1.807) is 19.2 Å². The molecule has 0 radical (unpaired) electrons. The van der Waals surface area contributed by atoms with Crippen LogP contribution < -0.4 is 16.2 Å². The molecule has 2 aromatic heterocycles. The second-order valence-electron chi connectivity index (χ2n) is 3.44. The van der Waals surface area contributed by atoms with Crippen molar-refractivity contribution in [2.24, 2.45) is 0 Å². The lowest BCUT2D eigenvalue weighted by atomic mass is 10.3. The molecule has 7 nitrogen and oxygen atoms in total. The van der Waals surface area contributed by atoms with Crippen molar-refractivity contribution >= 4 is 17.4 Å². The number of carbonyl (C=O) groups excluding carboxylic acids is 1. The molecule has 0 fully saturated rings. The second-order valence-corrected chi connectivity index (χ2v) is 3.44. The van der Waals surface area contributed by atoms with E-state index in [0.717, 1.165) is 5.69 Å². The Morgan fingerprint density at radius 1 is 1.33 bits per heavy atom. The quantitative estimate of drug-likeness (QED) is 0.729. The SMILES string of the molecule is CNc1ccnc(C(=O)Nc2ccc(=O)[nH]n2)c1. The van der Waals surface area contributed by atoms with Gasteiger partial charge in [-0.2, -0.15) is 5.10 Å². The van der Waals surface area contributed by atoms with Crippen LogP contribution in [0.1, 0.15) is 10.5 Å². The first kappa shape index (κ1) is 11.8. The summed E-state index contributed by atoms with van der Waals surface area (Å²) in [5.41, 5.74) is 0.711. The van der Waals surface area contributed by atoms with Crippen molar-refractivity contribution in [1.82, 2.24) is 15.2 Å². The molecule has 0 bridgehead atoms. The van der Waals surface area contributed by atoms with Gasteiger partial charge in [0.1, 0.15) is 5.69 Å². The predicted molar refractivity (Wildman–Crippen MR) is 66.6 cm³/mol. The molecule has 18 heavy (non-hydrogen) atoms. The van der Waals surface area contributed by atoms with Crippen LogP contribution >= 0.6 is 0 Å². The van der Waals surface area contributed by atoms with Gasteiger partial charge in [0.2, 0.25) is 0 Å². The van der Waals surface area contributed by atoms with E-state index < -0.39 is 5.91 Å². The number of aromatic amines is 1. The molecule has 0 aliphatic carbocycles. The minimum absolute atomic E-state index is 0.259. The largest absolute Gasteiger partial charge is 0.388 e. The molecule has 0 unspecified atom stereocenters. The molecule has 0 aliphatic heterocycles. The molecular weight excluding hydrogens is 234 g/mol. The normalized spacial score (nSPS) is 9.83. The third kappa shape index (κ3) is 2.70. The Hall–Kier alpha value is -2.70. The van der Waals surface area contributed by atoms with Crippen LogP contribution in [0.15, 0.2) is 35.3 Å². The van der Waals surface area contributed by atoms with Crippen LogP contribution in [0.2, 0.25) is 0 Å². The molecular formula is C11H11N5O2. The third-order valence-electron chi connectivity index (χ3n) is 2.20. The lowest BCUT2D eigenvalue weighted by Gasteiger charge is -2.04. The average Bonchev–Trinajstić information content (AvgIpc) is 2.41. The van der Waals surface area contributed by atoms with E-state index in [2.05, 4.69) is 25.8 Å². The lowest BCUT2D eigenvalue weighted by Crippen LogP contribution is -2.17. The zero-order chi connectivity index (χ0) is 13.0. The van der Waals surface area contributed by atoms with Crippen LogP contribution in [-0.2, 0) is 0 Å². The summed E-state index contributed by atoms with van der Waals surface area (Å²) in [7, 11) is 1.75. The molecule has 0 aromatic carbocycles. The number of aromatic nitrogens is 3. The third-order valence-corrected chi connectivity index (χ3v) is 2.20. The van der Waals surface area contributed by atoms with Crippen molar-refractivity contribution in [2.75, 3.05) is 17.7 Å². The molecule has 2 heterocycles. The highest BCUT2D eigenvalue weighted by Crippen LogP contribution is 2.08. The number of amides is 1. The van der Waals surface area contributed by atoms with E-state index in [0.29, 0.717) is 0 Å². The van der Waals surface area contributed by atoms with Crippen LogP contribution in [0.4, 0.5) is 11.5 Å². The molecule has 1 amide bonds. The van der Waals surface area contributed by atoms with Gasteiger partial charge < -0.3 is 10.6 Å². The maximum absolute atomic E-state index is 11.8. The zero-order valence-electron chi connectivity index (χ0n) is 9.60. The van der Waals surface area contributed by atoms with Crippen molar-refractivity contribution < 1.29 is 4.79 Å². The first-order valence-corrected chi connectivity index (χ1v) is 5.20. The summed E-state index contributed by atoms with van der Waals surface area (Å²) in [5, 5.41) is 11.3. The number of H-pyrrole nitrogens is 1. The Labute approximate surface area is 102 Å². The standard InChI is InChI=1S/C11H11N5O2/c1-12-7-4-5-13-8(6-7)11(18)14-9-2-3-10(17)16-15-9/h2-6H,1H3,(H,12,13)(H,16,17)(H,14,15,18). The van der Waals surface area contributed by atoms with Gasteiger partial charge in [-0.25, -0.2) is 5.10 Å². The summed E-state index contributed by atoms with van der Waals surface area (Å²) in [6.07, 6.45) is 1.53. The van der Waals surface area contributed by atoms with Gasteiger partial charge in [0, 0.05) is 25.0 Å². The van der Waals surface area contributed by atoms with E-state index in [1.807, 2.05) is 0 Å². The zero-order valence-corrected chi connectivity index (χ0v) is 9.60. The molecule has 0 saturated heterocycles. The van der Waals surface area contributed by atoms with E-state index in [-0.39, 0.29) is 17.1 Å². The van der Waals surface area contributed by atoms with Crippen LogP contribution in [0.25, 0.3) is 0 Å². The highest BCUT2D eigenvalue weighted by Gasteiger charge is 2.08. The Bertz CT molecular complexity index is 602. The summed E-state index contributed by atoms with van der Waals surface area (Å²) >= 11 is 0. The maximum atomic E-state index is 11.8. The molecule has 0 saturated carbocycles. The van der Waals surface area contributed by atoms with Crippen LogP contribution in [-0.4, -0.2) is 28.1 Å². The fraction of sp³-hybridized carbons (Fsp3) is 0.0909. The fourth-order valence-corrected chi connectivity index (χ4v) is 1.30. The van der Waals surface area contributed by atoms with Gasteiger partial charge in [-0.15, -0.1) is 0 Å². The number of rotatable bonds is 3. The Balaban J connectivity index is 2.16. The molecule has 0 atom stereocenters. The van der Waals surface area contributed by atoms with Gasteiger partial charge in [0.15, 0.2) is 5.82 Å². The first-order valence-electron chi connectivity index (χ1n) is 5.20. The monoisotopic (exact) mass is 245 g/mol.